The average Bonchev–Trinajstić information content (AvgIpc) is 3.18. The summed E-state index contributed by atoms with van der Waals surface area (Å²) in [6.45, 7) is 1.90. The van der Waals surface area contributed by atoms with Gasteiger partial charge in [-0.2, -0.15) is 9.49 Å². The van der Waals surface area contributed by atoms with Crippen molar-refractivity contribution in [1.29, 1.82) is 0 Å². The van der Waals surface area contributed by atoms with E-state index in [1.54, 1.807) is 28.9 Å². The lowest BCUT2D eigenvalue weighted by atomic mass is 10.1. The molecule has 8 heteroatoms. The van der Waals surface area contributed by atoms with Crippen LogP contribution in [0.2, 0.25) is 0 Å². The van der Waals surface area contributed by atoms with E-state index >= 15 is 0 Å². The van der Waals surface area contributed by atoms with Gasteiger partial charge in [0.15, 0.2) is 0 Å². The molecule has 0 unspecified atom stereocenters. The number of pyridine rings is 2. The van der Waals surface area contributed by atoms with E-state index in [9.17, 15) is 9.18 Å². The number of rotatable bonds is 4. The van der Waals surface area contributed by atoms with Gasteiger partial charge in [-0.3, -0.25) is 9.48 Å². The third-order valence-corrected chi connectivity index (χ3v) is 5.69. The number of benzene rings is 1. The van der Waals surface area contributed by atoms with E-state index in [0.717, 1.165) is 48.2 Å². The Morgan fingerprint density at radius 2 is 1.94 bits per heavy atom. The minimum atomic E-state index is -0.557. The Balaban J connectivity index is 1.47. The number of fused-ring (bicyclic) bond motifs is 1. The lowest BCUT2D eigenvalue weighted by Crippen LogP contribution is -2.30. The highest BCUT2D eigenvalue weighted by Gasteiger charge is 2.19. The molecule has 5 rings (SSSR count). The van der Waals surface area contributed by atoms with Crippen LogP contribution >= 0.6 is 0 Å². The topological polar surface area (TPSA) is 75.9 Å². The molecular formula is C24H23FN6O. The number of aryl methyl sites for hydroxylation is 1. The number of anilines is 2. The number of amides is 1. The van der Waals surface area contributed by atoms with E-state index in [2.05, 4.69) is 25.3 Å². The fourth-order valence-corrected chi connectivity index (χ4v) is 4.12. The molecule has 3 aromatic heterocycles. The second-order valence-electron chi connectivity index (χ2n) is 8.01. The van der Waals surface area contributed by atoms with Gasteiger partial charge in [0, 0.05) is 43.5 Å². The van der Waals surface area contributed by atoms with Crippen LogP contribution in [0.15, 0.2) is 54.9 Å². The molecule has 0 atom stereocenters. The lowest BCUT2D eigenvalue weighted by molar-refractivity contribution is 0.102. The zero-order valence-corrected chi connectivity index (χ0v) is 17.8. The van der Waals surface area contributed by atoms with Gasteiger partial charge in [0.25, 0.3) is 5.91 Å². The van der Waals surface area contributed by atoms with E-state index < -0.39 is 5.95 Å². The molecule has 1 aliphatic heterocycles. The van der Waals surface area contributed by atoms with Crippen LogP contribution in [0, 0.1) is 5.95 Å². The molecule has 1 aromatic carbocycles. The number of nitrogens with one attached hydrogen (secondary N) is 1. The monoisotopic (exact) mass is 430 g/mol. The van der Waals surface area contributed by atoms with Crippen LogP contribution in [0.1, 0.15) is 29.8 Å². The molecule has 32 heavy (non-hydrogen) atoms. The van der Waals surface area contributed by atoms with Crippen LogP contribution < -0.4 is 10.2 Å². The van der Waals surface area contributed by atoms with Gasteiger partial charge in [-0.15, -0.1) is 0 Å². The second-order valence-corrected chi connectivity index (χ2v) is 8.01. The van der Waals surface area contributed by atoms with Crippen LogP contribution in [-0.2, 0) is 7.05 Å². The average molecular weight is 430 g/mol. The zero-order valence-electron chi connectivity index (χ0n) is 17.8. The van der Waals surface area contributed by atoms with Gasteiger partial charge in [-0.25, -0.2) is 9.97 Å². The van der Waals surface area contributed by atoms with Gasteiger partial charge < -0.3 is 10.2 Å². The predicted octanol–water partition coefficient (Wildman–Crippen LogP) is 4.41. The van der Waals surface area contributed by atoms with Crippen LogP contribution in [0.4, 0.5) is 15.8 Å². The molecule has 1 aliphatic rings. The third-order valence-electron chi connectivity index (χ3n) is 5.69. The number of halogens is 1. The molecule has 162 valence electrons. The van der Waals surface area contributed by atoms with Crippen LogP contribution in [0.25, 0.3) is 22.2 Å². The first-order valence-electron chi connectivity index (χ1n) is 10.7. The molecule has 1 fully saturated rings. The summed E-state index contributed by atoms with van der Waals surface area (Å²) in [5.74, 6) is -0.859. The summed E-state index contributed by atoms with van der Waals surface area (Å²) in [7, 11) is 1.89. The number of piperidine rings is 1. The van der Waals surface area contributed by atoms with E-state index in [1.807, 2.05) is 25.4 Å². The Labute approximate surface area is 184 Å². The summed E-state index contributed by atoms with van der Waals surface area (Å²) in [6, 6.07) is 12.1. The van der Waals surface area contributed by atoms with E-state index in [1.165, 1.54) is 18.7 Å². The molecular weight excluding hydrogens is 407 g/mol. The van der Waals surface area contributed by atoms with Gasteiger partial charge in [-0.05, 0) is 55.7 Å². The Kier molecular flexibility index (Phi) is 5.26. The summed E-state index contributed by atoms with van der Waals surface area (Å²) in [5, 5.41) is 8.55. The quantitative estimate of drug-likeness (QED) is 0.486. The maximum Gasteiger partial charge on any atom is 0.274 e. The Morgan fingerprint density at radius 1 is 1.09 bits per heavy atom. The minimum Gasteiger partial charge on any atom is -0.370 e. The summed E-state index contributed by atoms with van der Waals surface area (Å²) in [5.41, 5.74) is 4.10. The smallest absolute Gasteiger partial charge is 0.274 e. The van der Waals surface area contributed by atoms with E-state index in [4.69, 9.17) is 0 Å². The first-order chi connectivity index (χ1) is 15.6. The van der Waals surface area contributed by atoms with Gasteiger partial charge in [0.1, 0.15) is 5.69 Å². The number of nitrogens with zero attached hydrogens (tertiary/aromatic N) is 5. The van der Waals surface area contributed by atoms with Gasteiger partial charge in [0.05, 0.1) is 22.6 Å². The highest BCUT2D eigenvalue weighted by Crippen LogP contribution is 2.33. The molecule has 0 bridgehead atoms. The summed E-state index contributed by atoms with van der Waals surface area (Å²) >= 11 is 0. The van der Waals surface area contributed by atoms with Gasteiger partial charge in [0.2, 0.25) is 5.95 Å². The van der Waals surface area contributed by atoms with Crippen molar-refractivity contribution in [3.8, 4) is 11.3 Å². The molecule has 1 N–H and O–H groups in total. The minimum absolute atomic E-state index is 0.280. The van der Waals surface area contributed by atoms with Crippen molar-refractivity contribution in [1.82, 2.24) is 19.7 Å². The SMILES string of the molecule is Cn1cc2cc(NC(=O)c3cccc(-c4ccc(F)nc4)n3)c(N3CCCCC3)cc2n1. The molecule has 1 amide bonds. The van der Waals surface area contributed by atoms with Crippen molar-refractivity contribution in [2.75, 3.05) is 23.3 Å². The summed E-state index contributed by atoms with van der Waals surface area (Å²) in [6.07, 6.45) is 6.82. The Morgan fingerprint density at radius 3 is 2.72 bits per heavy atom. The highest BCUT2D eigenvalue weighted by molar-refractivity contribution is 6.06. The Hall–Kier alpha value is -3.81. The lowest BCUT2D eigenvalue weighted by Gasteiger charge is -2.30. The molecule has 0 radical (unpaired) electrons. The van der Waals surface area contributed by atoms with Crippen molar-refractivity contribution < 1.29 is 9.18 Å². The number of carbonyl (C=O) groups excluding carboxylic acids is 1. The zero-order chi connectivity index (χ0) is 22.1. The molecule has 7 nitrogen and oxygen atoms in total. The number of hydrogen-bond donors (Lipinski definition) is 1. The first kappa shape index (κ1) is 20.1. The van der Waals surface area contributed by atoms with Crippen LogP contribution in [-0.4, -0.2) is 38.7 Å². The molecule has 0 saturated carbocycles. The predicted molar refractivity (Wildman–Crippen MR) is 122 cm³/mol. The van der Waals surface area contributed by atoms with E-state index in [0.29, 0.717) is 11.3 Å². The Bertz CT molecular complexity index is 1280. The van der Waals surface area contributed by atoms with Crippen LogP contribution in [0.3, 0.4) is 0 Å². The van der Waals surface area contributed by atoms with Crippen molar-refractivity contribution in [3.63, 3.8) is 0 Å². The van der Waals surface area contributed by atoms with Crippen LogP contribution in [0.5, 0.6) is 0 Å². The largest absolute Gasteiger partial charge is 0.370 e. The normalized spacial score (nSPS) is 14.0. The highest BCUT2D eigenvalue weighted by atomic mass is 19.1. The second kappa shape index (κ2) is 8.37. The number of aromatic nitrogens is 4. The molecule has 4 heterocycles. The molecule has 0 aliphatic carbocycles. The number of carbonyl (C=O) groups is 1. The van der Waals surface area contributed by atoms with Crippen molar-refractivity contribution in [3.05, 3.63) is 66.5 Å². The summed E-state index contributed by atoms with van der Waals surface area (Å²) < 4.78 is 14.9. The maximum absolute atomic E-state index is 13.2. The molecule has 0 spiro atoms. The third kappa shape index (κ3) is 4.03. The fourth-order valence-electron chi connectivity index (χ4n) is 4.12. The van der Waals surface area contributed by atoms with Gasteiger partial charge in [-0.1, -0.05) is 6.07 Å². The summed E-state index contributed by atoms with van der Waals surface area (Å²) in [4.78, 5) is 23.6. The fraction of sp³-hybridized carbons (Fsp3) is 0.250. The van der Waals surface area contributed by atoms with Crippen molar-refractivity contribution in [2.45, 2.75) is 19.3 Å². The van der Waals surface area contributed by atoms with Gasteiger partial charge >= 0.3 is 0 Å². The van der Waals surface area contributed by atoms with E-state index in [-0.39, 0.29) is 11.6 Å². The maximum atomic E-state index is 13.2. The molecule has 4 aromatic rings. The molecule has 1 saturated heterocycles. The standard InChI is InChI=1S/C24H23FN6O/c1-30-15-17-12-21(22(13-20(17)29-30)31-10-3-2-4-11-31)28-24(32)19-7-5-6-18(27-19)16-8-9-23(25)26-14-16/h5-9,12-15H,2-4,10-11H2,1H3,(H,28,32). The number of hydrogen-bond acceptors (Lipinski definition) is 5. The van der Waals surface area contributed by atoms with Crippen molar-refractivity contribution in [2.24, 2.45) is 7.05 Å². The first-order valence-corrected chi connectivity index (χ1v) is 10.7. The van der Waals surface area contributed by atoms with Crippen molar-refractivity contribution >= 4 is 28.2 Å².